The molecule has 0 spiro atoms. The summed E-state index contributed by atoms with van der Waals surface area (Å²) >= 11 is 7.41. The van der Waals surface area contributed by atoms with Crippen LogP contribution in [0.5, 0.6) is 11.5 Å². The second-order valence-electron chi connectivity index (χ2n) is 6.38. The molecule has 0 aliphatic carbocycles. The van der Waals surface area contributed by atoms with E-state index in [1.54, 1.807) is 22.6 Å². The molecule has 0 bridgehead atoms. The van der Waals surface area contributed by atoms with Crippen molar-refractivity contribution in [2.45, 2.75) is 20.8 Å². The Balaban J connectivity index is 1.95. The van der Waals surface area contributed by atoms with Crippen LogP contribution in [0.25, 0.3) is 22.1 Å². The average molecular weight is 401 g/mol. The monoisotopic (exact) mass is 400 g/mol. The molecule has 4 rings (SSSR count). The van der Waals surface area contributed by atoms with Crippen LogP contribution in [0.1, 0.15) is 23.6 Å². The number of phenols is 1. The molecule has 0 radical (unpaired) electrons. The number of rotatable bonds is 3. The lowest BCUT2D eigenvalue weighted by Crippen LogP contribution is -2.22. The second kappa shape index (κ2) is 6.55. The fourth-order valence-electron chi connectivity index (χ4n) is 3.20. The fraction of sp³-hybridized carbons (Fsp3) is 0.200. The van der Waals surface area contributed by atoms with Crippen molar-refractivity contribution in [2.24, 2.45) is 0 Å². The van der Waals surface area contributed by atoms with Crippen LogP contribution >= 0.6 is 22.9 Å². The molecule has 0 amide bonds. The number of aryl methyl sites for hydroxylation is 2. The first-order valence-corrected chi connectivity index (χ1v) is 9.67. The summed E-state index contributed by atoms with van der Waals surface area (Å²) in [5, 5.41) is 10.2. The summed E-state index contributed by atoms with van der Waals surface area (Å²) in [4.78, 5) is 18.3. The van der Waals surface area contributed by atoms with Crippen molar-refractivity contribution in [2.75, 3.05) is 6.61 Å². The molecule has 0 atom stereocenters. The molecule has 27 heavy (non-hydrogen) atoms. The van der Waals surface area contributed by atoms with E-state index in [4.69, 9.17) is 16.3 Å². The van der Waals surface area contributed by atoms with Crippen LogP contribution < -0.4 is 14.8 Å². The Labute approximate surface area is 164 Å². The fourth-order valence-corrected chi connectivity index (χ4v) is 4.40. The maximum Gasteiger partial charge on any atom is 0.274 e. The van der Waals surface area contributed by atoms with Crippen molar-refractivity contribution in [1.29, 1.82) is 0 Å². The molecule has 2 aromatic heterocycles. The van der Waals surface area contributed by atoms with Crippen LogP contribution in [-0.2, 0) is 0 Å². The van der Waals surface area contributed by atoms with Crippen LogP contribution in [0.2, 0.25) is 5.02 Å². The van der Waals surface area contributed by atoms with E-state index < -0.39 is 0 Å². The standard InChI is InChI=1S/C20H17ClN2O3S/c1-4-26-15-8-12(7-13(21)18(15)24)9-16-19(25)23-14-6-10(2)5-11(3)17(14)22-20(23)27-16/h5-9,24H,4H2,1-3H3/b16-9-. The maximum absolute atomic E-state index is 13.0. The Kier molecular flexibility index (Phi) is 4.32. The van der Waals surface area contributed by atoms with Crippen molar-refractivity contribution >= 4 is 45.0 Å². The molecule has 4 aromatic rings. The number of aromatic nitrogens is 2. The van der Waals surface area contributed by atoms with Crippen molar-refractivity contribution in [1.82, 2.24) is 9.38 Å². The van der Waals surface area contributed by atoms with Gasteiger partial charge in [0.05, 0.1) is 27.2 Å². The number of ether oxygens (including phenoxy) is 1. The quantitative estimate of drug-likeness (QED) is 0.567. The van der Waals surface area contributed by atoms with Gasteiger partial charge in [0.1, 0.15) is 0 Å². The number of phenolic OH excluding ortho intramolecular Hbond substituents is 1. The largest absolute Gasteiger partial charge is 0.503 e. The number of hydrogen-bond acceptors (Lipinski definition) is 5. The average Bonchev–Trinajstić information content (AvgIpc) is 3.10. The lowest BCUT2D eigenvalue weighted by atomic mass is 10.1. The first kappa shape index (κ1) is 17.8. The summed E-state index contributed by atoms with van der Waals surface area (Å²) in [6, 6.07) is 7.31. The van der Waals surface area contributed by atoms with Gasteiger partial charge in [-0.25, -0.2) is 9.38 Å². The van der Waals surface area contributed by atoms with Gasteiger partial charge in [-0.2, -0.15) is 0 Å². The van der Waals surface area contributed by atoms with E-state index in [-0.39, 0.29) is 16.3 Å². The molecule has 0 aliphatic rings. The topological polar surface area (TPSA) is 63.8 Å². The smallest absolute Gasteiger partial charge is 0.274 e. The van der Waals surface area contributed by atoms with Crippen LogP contribution in [-0.4, -0.2) is 21.1 Å². The number of benzene rings is 2. The minimum Gasteiger partial charge on any atom is -0.503 e. The highest BCUT2D eigenvalue weighted by Gasteiger charge is 2.14. The molecule has 5 nitrogen and oxygen atoms in total. The van der Waals surface area contributed by atoms with Crippen molar-refractivity contribution in [3.05, 3.63) is 60.9 Å². The number of aromatic hydroxyl groups is 1. The summed E-state index contributed by atoms with van der Waals surface area (Å²) in [6.45, 7) is 6.22. The SMILES string of the molecule is CCOc1cc(/C=c2\sc3nc4c(C)cc(C)cc4n3c2=O)cc(Cl)c1O. The van der Waals surface area contributed by atoms with Gasteiger partial charge < -0.3 is 9.84 Å². The van der Waals surface area contributed by atoms with Crippen molar-refractivity contribution < 1.29 is 9.84 Å². The van der Waals surface area contributed by atoms with Gasteiger partial charge >= 0.3 is 0 Å². The first-order valence-electron chi connectivity index (χ1n) is 8.48. The lowest BCUT2D eigenvalue weighted by Gasteiger charge is -2.08. The van der Waals surface area contributed by atoms with E-state index in [9.17, 15) is 9.90 Å². The van der Waals surface area contributed by atoms with Gasteiger partial charge in [-0.05, 0) is 61.7 Å². The van der Waals surface area contributed by atoms with E-state index in [1.807, 2.05) is 26.8 Å². The van der Waals surface area contributed by atoms with Gasteiger partial charge in [-0.15, -0.1) is 0 Å². The third-order valence-electron chi connectivity index (χ3n) is 4.33. The third-order valence-corrected chi connectivity index (χ3v) is 5.58. The van der Waals surface area contributed by atoms with Crippen LogP contribution in [0.3, 0.4) is 0 Å². The molecule has 0 fully saturated rings. The zero-order chi connectivity index (χ0) is 19.3. The number of halogens is 1. The summed E-state index contributed by atoms with van der Waals surface area (Å²) in [5.41, 5.74) is 4.37. The number of thiazole rings is 1. The highest BCUT2D eigenvalue weighted by molar-refractivity contribution is 7.15. The molecule has 2 heterocycles. The van der Waals surface area contributed by atoms with Gasteiger partial charge in [0.2, 0.25) is 0 Å². The molecule has 0 saturated heterocycles. The summed E-state index contributed by atoms with van der Waals surface area (Å²) in [6.07, 6.45) is 1.74. The Hall–Kier alpha value is -2.57. The molecular formula is C20H17ClN2O3S. The highest BCUT2D eigenvalue weighted by Crippen LogP contribution is 2.35. The number of imidazole rings is 1. The number of nitrogens with zero attached hydrogens (tertiary/aromatic N) is 2. The zero-order valence-corrected chi connectivity index (χ0v) is 16.6. The third kappa shape index (κ3) is 2.95. The zero-order valence-electron chi connectivity index (χ0n) is 15.0. The minimum atomic E-state index is -0.121. The van der Waals surface area contributed by atoms with Crippen LogP contribution in [0.15, 0.2) is 29.1 Å². The highest BCUT2D eigenvalue weighted by atomic mass is 35.5. The van der Waals surface area contributed by atoms with E-state index >= 15 is 0 Å². The lowest BCUT2D eigenvalue weighted by molar-refractivity contribution is 0.318. The molecule has 0 saturated carbocycles. The van der Waals surface area contributed by atoms with E-state index in [1.165, 1.54) is 11.3 Å². The maximum atomic E-state index is 13.0. The Morgan fingerprint density at radius 3 is 2.81 bits per heavy atom. The van der Waals surface area contributed by atoms with E-state index in [2.05, 4.69) is 11.1 Å². The first-order chi connectivity index (χ1) is 12.9. The Bertz CT molecular complexity index is 1310. The molecule has 1 N–H and O–H groups in total. The second-order valence-corrected chi connectivity index (χ2v) is 7.79. The predicted molar refractivity (Wildman–Crippen MR) is 109 cm³/mol. The van der Waals surface area contributed by atoms with Gasteiger partial charge in [-0.1, -0.05) is 29.0 Å². The molecular weight excluding hydrogens is 384 g/mol. The molecule has 138 valence electrons. The van der Waals surface area contributed by atoms with Gasteiger partial charge in [0.15, 0.2) is 16.5 Å². The number of hydrogen-bond donors (Lipinski definition) is 1. The van der Waals surface area contributed by atoms with Gasteiger partial charge in [0.25, 0.3) is 5.56 Å². The van der Waals surface area contributed by atoms with Gasteiger partial charge in [-0.3, -0.25) is 4.79 Å². The van der Waals surface area contributed by atoms with E-state index in [0.29, 0.717) is 27.4 Å². The van der Waals surface area contributed by atoms with Crippen molar-refractivity contribution in [3.8, 4) is 11.5 Å². The minimum absolute atomic E-state index is 0.101. The van der Waals surface area contributed by atoms with E-state index in [0.717, 1.165) is 22.2 Å². The molecule has 0 aliphatic heterocycles. The van der Waals surface area contributed by atoms with Crippen LogP contribution in [0, 0.1) is 13.8 Å². The molecule has 2 aromatic carbocycles. The predicted octanol–water partition coefficient (Wildman–Crippen LogP) is 3.83. The normalized spacial score (nSPS) is 12.4. The Morgan fingerprint density at radius 2 is 2.07 bits per heavy atom. The number of fused-ring (bicyclic) bond motifs is 3. The molecule has 0 unspecified atom stereocenters. The Morgan fingerprint density at radius 1 is 1.30 bits per heavy atom. The summed E-state index contributed by atoms with van der Waals surface area (Å²) in [7, 11) is 0. The summed E-state index contributed by atoms with van der Waals surface area (Å²) < 4.78 is 7.60. The van der Waals surface area contributed by atoms with Crippen molar-refractivity contribution in [3.63, 3.8) is 0 Å². The van der Waals surface area contributed by atoms with Gasteiger partial charge in [0, 0.05) is 0 Å². The summed E-state index contributed by atoms with van der Waals surface area (Å²) in [5.74, 6) is 0.192. The van der Waals surface area contributed by atoms with Crippen LogP contribution in [0.4, 0.5) is 0 Å². The molecule has 7 heteroatoms.